The molecule has 0 aliphatic rings. The van der Waals surface area contributed by atoms with Gasteiger partial charge in [-0.3, -0.25) is 4.79 Å². The van der Waals surface area contributed by atoms with Crippen molar-refractivity contribution in [3.8, 4) is 0 Å². The summed E-state index contributed by atoms with van der Waals surface area (Å²) in [6, 6.07) is 7.93. The Morgan fingerprint density at radius 2 is 1.91 bits per heavy atom. The Labute approximate surface area is 135 Å². The fourth-order valence-electron chi connectivity index (χ4n) is 1.98. The zero-order valence-corrected chi connectivity index (χ0v) is 13.8. The first-order valence-corrected chi connectivity index (χ1v) is 7.40. The largest absolute Gasteiger partial charge is 0.350 e. The number of hydrogen-bond donors (Lipinski definition) is 2. The molecule has 2 N–H and O–H groups in total. The summed E-state index contributed by atoms with van der Waals surface area (Å²) < 4.78 is 13.6. The van der Waals surface area contributed by atoms with Crippen LogP contribution in [0.5, 0.6) is 0 Å². The third kappa shape index (κ3) is 5.02. The summed E-state index contributed by atoms with van der Waals surface area (Å²) in [5.74, 6) is -0.314. The van der Waals surface area contributed by atoms with Crippen molar-refractivity contribution in [2.24, 2.45) is 0 Å². The van der Waals surface area contributed by atoms with Crippen LogP contribution in [-0.4, -0.2) is 21.4 Å². The van der Waals surface area contributed by atoms with Crippen molar-refractivity contribution >= 4 is 11.9 Å². The lowest BCUT2D eigenvalue weighted by Gasteiger charge is -2.20. The molecule has 0 fully saturated rings. The molecule has 1 aromatic carbocycles. The van der Waals surface area contributed by atoms with Crippen molar-refractivity contribution < 1.29 is 9.18 Å². The van der Waals surface area contributed by atoms with E-state index in [9.17, 15) is 9.18 Å². The molecule has 1 aromatic heterocycles. The second-order valence-electron chi connectivity index (χ2n) is 6.37. The summed E-state index contributed by atoms with van der Waals surface area (Å²) in [5, 5.41) is 5.81. The number of nitrogens with zero attached hydrogens (tertiary/aromatic N) is 2. The minimum Gasteiger partial charge on any atom is -0.350 e. The number of aromatic nitrogens is 2. The number of rotatable bonds is 4. The molecule has 0 radical (unpaired) electrons. The van der Waals surface area contributed by atoms with Gasteiger partial charge in [0.2, 0.25) is 5.95 Å². The van der Waals surface area contributed by atoms with Crippen LogP contribution in [-0.2, 0) is 6.54 Å². The van der Waals surface area contributed by atoms with E-state index in [1.54, 1.807) is 31.2 Å². The van der Waals surface area contributed by atoms with Crippen LogP contribution in [0.4, 0.5) is 10.3 Å². The first kappa shape index (κ1) is 16.9. The third-order valence-corrected chi connectivity index (χ3v) is 2.97. The first-order valence-electron chi connectivity index (χ1n) is 7.40. The Balaban J connectivity index is 2.11. The van der Waals surface area contributed by atoms with E-state index in [1.807, 2.05) is 20.8 Å². The molecule has 2 aromatic rings. The minimum atomic E-state index is -0.365. The predicted octanol–water partition coefficient (Wildman–Crippen LogP) is 3.06. The maximum absolute atomic E-state index is 13.6. The van der Waals surface area contributed by atoms with E-state index in [0.29, 0.717) is 17.2 Å². The molecule has 0 bridgehead atoms. The van der Waals surface area contributed by atoms with E-state index in [2.05, 4.69) is 20.6 Å². The van der Waals surface area contributed by atoms with Crippen molar-refractivity contribution in [3.63, 3.8) is 0 Å². The average Bonchev–Trinajstić information content (AvgIpc) is 2.43. The van der Waals surface area contributed by atoms with Crippen molar-refractivity contribution in [1.82, 2.24) is 15.3 Å². The van der Waals surface area contributed by atoms with E-state index >= 15 is 0 Å². The second-order valence-corrected chi connectivity index (χ2v) is 6.37. The van der Waals surface area contributed by atoms with Gasteiger partial charge in [-0.1, -0.05) is 18.2 Å². The van der Waals surface area contributed by atoms with Crippen LogP contribution in [0, 0.1) is 12.7 Å². The number of nitrogens with one attached hydrogen (secondary N) is 2. The number of carbonyl (C=O) groups is 1. The summed E-state index contributed by atoms with van der Waals surface area (Å²) in [5.41, 5.74) is 1.15. The molecule has 5 nitrogen and oxygen atoms in total. The van der Waals surface area contributed by atoms with Gasteiger partial charge >= 0.3 is 0 Å². The van der Waals surface area contributed by atoms with Crippen molar-refractivity contribution in [3.05, 3.63) is 53.1 Å². The fourth-order valence-corrected chi connectivity index (χ4v) is 1.98. The normalized spacial score (nSPS) is 11.2. The van der Waals surface area contributed by atoms with Crippen LogP contribution in [0.15, 0.2) is 30.3 Å². The fraction of sp³-hybridized carbons (Fsp3) is 0.353. The third-order valence-electron chi connectivity index (χ3n) is 2.97. The Hall–Kier alpha value is -2.50. The van der Waals surface area contributed by atoms with Crippen molar-refractivity contribution in [2.45, 2.75) is 39.8 Å². The summed E-state index contributed by atoms with van der Waals surface area (Å²) in [6.45, 7) is 7.85. The molecule has 122 valence electrons. The highest BCUT2D eigenvalue weighted by molar-refractivity contribution is 5.92. The molecule has 6 heteroatoms. The predicted molar refractivity (Wildman–Crippen MR) is 87.7 cm³/mol. The van der Waals surface area contributed by atoms with Gasteiger partial charge in [-0.25, -0.2) is 14.4 Å². The number of aryl methyl sites for hydroxylation is 1. The Morgan fingerprint density at radius 3 is 2.57 bits per heavy atom. The van der Waals surface area contributed by atoms with Gasteiger partial charge in [-0.05, 0) is 39.8 Å². The number of halogens is 1. The molecule has 1 amide bonds. The zero-order valence-electron chi connectivity index (χ0n) is 13.8. The molecule has 1 heterocycles. The van der Waals surface area contributed by atoms with Crippen LogP contribution in [0.2, 0.25) is 0 Å². The van der Waals surface area contributed by atoms with Crippen LogP contribution in [0.3, 0.4) is 0 Å². The van der Waals surface area contributed by atoms with Gasteiger partial charge in [0.15, 0.2) is 0 Å². The van der Waals surface area contributed by atoms with E-state index in [-0.39, 0.29) is 29.5 Å². The highest BCUT2D eigenvalue weighted by Crippen LogP contribution is 2.12. The van der Waals surface area contributed by atoms with Crippen LogP contribution in [0.1, 0.15) is 42.5 Å². The highest BCUT2D eigenvalue weighted by atomic mass is 19.1. The number of amides is 1. The second kappa shape index (κ2) is 6.73. The quantitative estimate of drug-likeness (QED) is 0.910. The Morgan fingerprint density at radius 1 is 1.22 bits per heavy atom. The van der Waals surface area contributed by atoms with Gasteiger partial charge in [-0.2, -0.15) is 0 Å². The molecular formula is C17H21FN4O. The van der Waals surface area contributed by atoms with Crippen molar-refractivity contribution in [1.29, 1.82) is 0 Å². The van der Waals surface area contributed by atoms with Crippen molar-refractivity contribution in [2.75, 3.05) is 5.32 Å². The summed E-state index contributed by atoms with van der Waals surface area (Å²) >= 11 is 0. The van der Waals surface area contributed by atoms with Crippen LogP contribution < -0.4 is 10.6 Å². The molecule has 0 unspecified atom stereocenters. The SMILES string of the molecule is Cc1cc(C(=O)NCc2ccccc2F)nc(NC(C)(C)C)n1. The van der Waals surface area contributed by atoms with Gasteiger partial charge in [0, 0.05) is 23.3 Å². The molecular weight excluding hydrogens is 295 g/mol. The standard InChI is InChI=1S/C17H21FN4O/c1-11-9-14(21-16(20-11)22-17(2,3)4)15(23)19-10-12-7-5-6-8-13(12)18/h5-9H,10H2,1-4H3,(H,19,23)(H,20,21,22). The zero-order chi connectivity index (χ0) is 17.0. The number of benzene rings is 1. The molecule has 0 saturated carbocycles. The summed E-state index contributed by atoms with van der Waals surface area (Å²) in [7, 11) is 0. The maximum Gasteiger partial charge on any atom is 0.270 e. The molecule has 0 saturated heterocycles. The summed E-state index contributed by atoms with van der Waals surface area (Å²) in [4.78, 5) is 20.7. The monoisotopic (exact) mass is 316 g/mol. The minimum absolute atomic E-state index is 0.108. The Kier molecular flexibility index (Phi) is 4.93. The van der Waals surface area contributed by atoms with Crippen LogP contribution >= 0.6 is 0 Å². The van der Waals surface area contributed by atoms with E-state index in [4.69, 9.17) is 0 Å². The van der Waals surface area contributed by atoms with E-state index in [0.717, 1.165) is 0 Å². The van der Waals surface area contributed by atoms with Gasteiger partial charge < -0.3 is 10.6 Å². The van der Waals surface area contributed by atoms with E-state index in [1.165, 1.54) is 6.07 Å². The number of carbonyl (C=O) groups excluding carboxylic acids is 1. The van der Waals surface area contributed by atoms with Gasteiger partial charge in [0.05, 0.1) is 0 Å². The maximum atomic E-state index is 13.6. The average molecular weight is 316 g/mol. The lowest BCUT2D eigenvalue weighted by atomic mass is 10.1. The molecule has 2 rings (SSSR count). The first-order chi connectivity index (χ1) is 10.7. The Bertz CT molecular complexity index is 710. The summed E-state index contributed by atoms with van der Waals surface area (Å²) in [6.07, 6.45) is 0. The van der Waals surface area contributed by atoms with Gasteiger partial charge in [0.1, 0.15) is 11.5 Å². The van der Waals surface area contributed by atoms with Gasteiger partial charge in [0.25, 0.3) is 5.91 Å². The van der Waals surface area contributed by atoms with E-state index < -0.39 is 0 Å². The molecule has 23 heavy (non-hydrogen) atoms. The molecule has 0 aliphatic heterocycles. The van der Waals surface area contributed by atoms with Crippen LogP contribution in [0.25, 0.3) is 0 Å². The topological polar surface area (TPSA) is 66.9 Å². The lowest BCUT2D eigenvalue weighted by molar-refractivity contribution is 0.0945. The lowest BCUT2D eigenvalue weighted by Crippen LogP contribution is -2.29. The number of anilines is 1. The smallest absolute Gasteiger partial charge is 0.270 e. The molecule has 0 aliphatic carbocycles. The molecule has 0 atom stereocenters. The number of hydrogen-bond acceptors (Lipinski definition) is 4. The highest BCUT2D eigenvalue weighted by Gasteiger charge is 2.15. The van der Waals surface area contributed by atoms with Gasteiger partial charge in [-0.15, -0.1) is 0 Å². The molecule has 0 spiro atoms.